The van der Waals surface area contributed by atoms with Crippen LogP contribution in [0.4, 0.5) is 18.9 Å². The Morgan fingerprint density at radius 1 is 1.20 bits per heavy atom. The molecule has 0 bridgehead atoms. The van der Waals surface area contributed by atoms with Gasteiger partial charge in [0, 0.05) is 5.69 Å². The fraction of sp³-hybridized carbons (Fsp3) is 0.111. The van der Waals surface area contributed by atoms with Gasteiger partial charge in [-0.25, -0.2) is 0 Å². The molecule has 0 aliphatic heterocycles. The molecule has 6 heteroatoms. The fourth-order valence-corrected chi connectivity index (χ4v) is 1.02. The molecule has 0 saturated carbocycles. The second kappa shape index (κ2) is 3.89. The lowest BCUT2D eigenvalue weighted by molar-refractivity contribution is -0.137. The Hall–Kier alpha value is -2.21. The normalized spacial score (nSPS) is 10.2. The minimum absolute atomic E-state index is 0.00354. The van der Waals surface area contributed by atoms with E-state index in [4.69, 9.17) is 10.5 Å². The Morgan fingerprint density at radius 2 is 1.87 bits per heavy atom. The second-order valence-electron chi connectivity index (χ2n) is 2.61. The van der Waals surface area contributed by atoms with Crippen LogP contribution in [0, 0.1) is 22.8 Å². The monoisotopic (exact) mass is 211 g/mol. The zero-order valence-electron chi connectivity index (χ0n) is 7.26. The summed E-state index contributed by atoms with van der Waals surface area (Å²) in [5, 5.41) is 18.8. The molecular weight excluding hydrogens is 207 g/mol. The third kappa shape index (κ3) is 2.38. The Labute approximate surface area is 83.4 Å². The summed E-state index contributed by atoms with van der Waals surface area (Å²) in [7, 11) is 0. The molecule has 0 amide bonds. The Morgan fingerprint density at radius 3 is 2.33 bits per heavy atom. The van der Waals surface area contributed by atoms with Crippen molar-refractivity contribution in [2.75, 3.05) is 5.32 Å². The third-order valence-electron chi connectivity index (χ3n) is 1.65. The van der Waals surface area contributed by atoms with Crippen LogP contribution in [0.25, 0.3) is 0 Å². The molecular formula is C9H4F3N3. The summed E-state index contributed by atoms with van der Waals surface area (Å²) in [6.45, 7) is 0. The molecule has 1 rings (SSSR count). The third-order valence-corrected chi connectivity index (χ3v) is 1.65. The molecule has 15 heavy (non-hydrogen) atoms. The summed E-state index contributed by atoms with van der Waals surface area (Å²) in [6, 6.07) is 4.41. The van der Waals surface area contributed by atoms with Gasteiger partial charge < -0.3 is 0 Å². The van der Waals surface area contributed by atoms with Crippen molar-refractivity contribution < 1.29 is 13.2 Å². The highest BCUT2D eigenvalue weighted by Crippen LogP contribution is 2.33. The van der Waals surface area contributed by atoms with Crippen molar-refractivity contribution in [2.45, 2.75) is 6.18 Å². The van der Waals surface area contributed by atoms with E-state index in [9.17, 15) is 13.2 Å². The van der Waals surface area contributed by atoms with Crippen molar-refractivity contribution in [1.82, 2.24) is 0 Å². The van der Waals surface area contributed by atoms with Gasteiger partial charge in [0.1, 0.15) is 0 Å². The molecule has 0 aromatic heterocycles. The Kier molecular flexibility index (Phi) is 2.82. The van der Waals surface area contributed by atoms with Crippen molar-refractivity contribution in [3.05, 3.63) is 29.3 Å². The molecule has 0 atom stereocenters. The van der Waals surface area contributed by atoms with Gasteiger partial charge in [0.2, 0.25) is 0 Å². The van der Waals surface area contributed by atoms with E-state index in [0.29, 0.717) is 0 Å². The van der Waals surface area contributed by atoms with E-state index in [1.54, 1.807) is 0 Å². The van der Waals surface area contributed by atoms with Crippen molar-refractivity contribution in [2.24, 2.45) is 0 Å². The minimum atomic E-state index is -4.60. The first kappa shape index (κ1) is 10.9. The van der Waals surface area contributed by atoms with Crippen LogP contribution in [0.1, 0.15) is 11.1 Å². The van der Waals surface area contributed by atoms with Crippen LogP contribution in [0.5, 0.6) is 0 Å². The number of nitrogens with zero attached hydrogens (tertiary/aromatic N) is 2. The van der Waals surface area contributed by atoms with E-state index < -0.39 is 17.3 Å². The molecule has 1 aromatic carbocycles. The van der Waals surface area contributed by atoms with Crippen LogP contribution in [0.3, 0.4) is 0 Å². The number of rotatable bonds is 1. The van der Waals surface area contributed by atoms with Gasteiger partial charge in [-0.15, -0.1) is 0 Å². The molecule has 3 nitrogen and oxygen atoms in total. The second-order valence-corrected chi connectivity index (χ2v) is 2.61. The Balaban J connectivity index is 3.29. The van der Waals surface area contributed by atoms with Crippen molar-refractivity contribution in [1.29, 1.82) is 10.5 Å². The van der Waals surface area contributed by atoms with Gasteiger partial charge >= 0.3 is 6.18 Å². The predicted octanol–water partition coefficient (Wildman–Crippen LogP) is 2.47. The van der Waals surface area contributed by atoms with Crippen LogP contribution in [-0.4, -0.2) is 0 Å². The molecule has 0 unspecified atom stereocenters. The zero-order chi connectivity index (χ0) is 11.5. The number of hydrogen-bond acceptors (Lipinski definition) is 3. The van der Waals surface area contributed by atoms with E-state index in [1.807, 2.05) is 0 Å². The predicted molar refractivity (Wildman–Crippen MR) is 45.4 cm³/mol. The van der Waals surface area contributed by atoms with E-state index in [0.717, 1.165) is 12.1 Å². The van der Waals surface area contributed by atoms with E-state index >= 15 is 0 Å². The summed E-state index contributed by atoms with van der Waals surface area (Å²) in [4.78, 5) is 0. The SMILES string of the molecule is N#CNc1ccc(C#N)c(C(F)(F)F)c1. The van der Waals surface area contributed by atoms with Gasteiger partial charge in [0.05, 0.1) is 17.2 Å². The highest BCUT2D eigenvalue weighted by molar-refractivity contribution is 5.54. The number of benzene rings is 1. The molecule has 0 spiro atoms. The van der Waals surface area contributed by atoms with E-state index in [2.05, 4.69) is 5.32 Å². The minimum Gasteiger partial charge on any atom is -0.293 e. The molecule has 0 heterocycles. The number of nitriles is 2. The van der Waals surface area contributed by atoms with Crippen LogP contribution >= 0.6 is 0 Å². The molecule has 76 valence electrons. The maximum atomic E-state index is 12.4. The Bertz CT molecular complexity index is 451. The first-order valence-corrected chi connectivity index (χ1v) is 3.75. The van der Waals surface area contributed by atoms with Crippen molar-refractivity contribution in [3.8, 4) is 12.3 Å². The van der Waals surface area contributed by atoms with Crippen LogP contribution < -0.4 is 5.32 Å². The first-order valence-electron chi connectivity index (χ1n) is 3.75. The number of nitrogens with one attached hydrogen (secondary N) is 1. The standard InChI is InChI=1S/C9H4F3N3/c10-9(11,12)8-3-7(15-5-14)2-1-6(8)4-13/h1-3,15H. The van der Waals surface area contributed by atoms with Crippen molar-refractivity contribution in [3.63, 3.8) is 0 Å². The molecule has 0 radical (unpaired) electrons. The lowest BCUT2D eigenvalue weighted by Crippen LogP contribution is -2.08. The van der Waals surface area contributed by atoms with E-state index in [-0.39, 0.29) is 5.69 Å². The highest BCUT2D eigenvalue weighted by atomic mass is 19.4. The van der Waals surface area contributed by atoms with Gasteiger partial charge in [0.25, 0.3) is 0 Å². The first-order chi connectivity index (χ1) is 6.99. The number of alkyl halides is 3. The molecule has 0 saturated heterocycles. The van der Waals surface area contributed by atoms with Gasteiger partial charge in [-0.05, 0) is 18.2 Å². The van der Waals surface area contributed by atoms with Crippen LogP contribution in [0.2, 0.25) is 0 Å². The average molecular weight is 211 g/mol. The van der Waals surface area contributed by atoms with Gasteiger partial charge in [-0.3, -0.25) is 5.32 Å². The molecule has 1 aromatic rings. The number of hydrogen-bond donors (Lipinski definition) is 1. The summed E-state index contributed by atoms with van der Waals surface area (Å²) in [5.74, 6) is 0. The lowest BCUT2D eigenvalue weighted by Gasteiger charge is -2.09. The molecule has 0 aliphatic carbocycles. The molecule has 0 fully saturated rings. The zero-order valence-corrected chi connectivity index (χ0v) is 7.26. The fourth-order valence-electron chi connectivity index (χ4n) is 1.02. The lowest BCUT2D eigenvalue weighted by atomic mass is 10.1. The maximum Gasteiger partial charge on any atom is 0.417 e. The molecule has 1 N–H and O–H groups in total. The summed E-state index contributed by atoms with van der Waals surface area (Å²) < 4.78 is 37.2. The van der Waals surface area contributed by atoms with Gasteiger partial charge in [-0.1, -0.05) is 0 Å². The summed E-state index contributed by atoms with van der Waals surface area (Å²) >= 11 is 0. The van der Waals surface area contributed by atoms with Gasteiger partial charge in [-0.2, -0.15) is 23.7 Å². The topological polar surface area (TPSA) is 59.6 Å². The van der Waals surface area contributed by atoms with Crippen molar-refractivity contribution >= 4 is 5.69 Å². The summed E-state index contributed by atoms with van der Waals surface area (Å²) in [5.41, 5.74) is -1.51. The largest absolute Gasteiger partial charge is 0.417 e. The molecule has 0 aliphatic rings. The quantitative estimate of drug-likeness (QED) is 0.573. The average Bonchev–Trinajstić information content (AvgIpc) is 2.17. The van der Waals surface area contributed by atoms with E-state index in [1.165, 1.54) is 18.3 Å². The van der Waals surface area contributed by atoms with Gasteiger partial charge in [0.15, 0.2) is 6.19 Å². The summed E-state index contributed by atoms with van der Waals surface area (Å²) in [6.07, 6.45) is -3.10. The smallest absolute Gasteiger partial charge is 0.293 e. The van der Waals surface area contributed by atoms with Crippen LogP contribution in [0.15, 0.2) is 18.2 Å². The maximum absolute atomic E-state index is 12.4. The van der Waals surface area contributed by atoms with Crippen LogP contribution in [-0.2, 0) is 6.18 Å². The number of halogens is 3. The number of anilines is 1. The highest BCUT2D eigenvalue weighted by Gasteiger charge is 2.33.